The molecule has 0 spiro atoms. The second-order valence-electron chi connectivity index (χ2n) is 5.81. The fraction of sp³-hybridized carbons (Fsp3) is 0.714. The van der Waals surface area contributed by atoms with Crippen molar-refractivity contribution in [2.75, 3.05) is 0 Å². The Morgan fingerprint density at radius 1 is 1.53 bits per heavy atom. The van der Waals surface area contributed by atoms with Gasteiger partial charge in [0.15, 0.2) is 0 Å². The molecular formula is C14H21N3O2. The zero-order chi connectivity index (χ0) is 13.4. The maximum Gasteiger partial charge on any atom is 0.308 e. The summed E-state index contributed by atoms with van der Waals surface area (Å²) in [6.07, 6.45) is 7.24. The minimum atomic E-state index is -0.631. The quantitative estimate of drug-likeness (QED) is 0.844. The third-order valence-corrected chi connectivity index (χ3v) is 4.75. The number of hydrogen-bond acceptors (Lipinski definition) is 3. The number of carboxylic acids is 1. The number of carboxylic acid groups (broad SMARTS) is 1. The first kappa shape index (κ1) is 12.7. The third-order valence-electron chi connectivity index (χ3n) is 4.75. The van der Waals surface area contributed by atoms with Crippen molar-refractivity contribution in [3.63, 3.8) is 0 Å². The summed E-state index contributed by atoms with van der Waals surface area (Å²) in [5.41, 5.74) is 1.13. The number of rotatable bonds is 5. The molecule has 2 fully saturated rings. The second kappa shape index (κ2) is 4.96. The van der Waals surface area contributed by atoms with Gasteiger partial charge in [-0.25, -0.2) is 0 Å². The first-order valence-electron chi connectivity index (χ1n) is 7.16. The van der Waals surface area contributed by atoms with Gasteiger partial charge in [0.1, 0.15) is 0 Å². The molecule has 0 aromatic carbocycles. The van der Waals surface area contributed by atoms with E-state index in [0.29, 0.717) is 11.8 Å². The van der Waals surface area contributed by atoms with Crippen LogP contribution in [0.25, 0.3) is 0 Å². The number of aromatic nitrogens is 2. The lowest BCUT2D eigenvalue weighted by atomic mass is 9.84. The molecule has 4 unspecified atom stereocenters. The second-order valence-corrected chi connectivity index (χ2v) is 5.81. The van der Waals surface area contributed by atoms with Gasteiger partial charge < -0.3 is 10.4 Å². The Kier molecular flexibility index (Phi) is 3.31. The van der Waals surface area contributed by atoms with Crippen molar-refractivity contribution in [1.29, 1.82) is 0 Å². The molecule has 0 radical (unpaired) electrons. The molecule has 1 heterocycles. The fourth-order valence-corrected chi connectivity index (χ4v) is 3.85. The van der Waals surface area contributed by atoms with Crippen molar-refractivity contribution in [3.05, 3.63) is 18.0 Å². The highest BCUT2D eigenvalue weighted by atomic mass is 16.4. The van der Waals surface area contributed by atoms with E-state index in [2.05, 4.69) is 17.3 Å². The minimum absolute atomic E-state index is 0.140. The standard InChI is InChI=1S/C14H21N3O2/c1-2-17-8-9(7-16-17)6-15-13-11-4-3-10(5-11)12(13)14(18)19/h7-8,10-13,15H,2-6H2,1H3,(H,18,19). The van der Waals surface area contributed by atoms with Crippen LogP contribution in [-0.2, 0) is 17.9 Å². The van der Waals surface area contributed by atoms with Crippen LogP contribution in [0.2, 0.25) is 0 Å². The molecule has 1 aromatic heterocycles. The Balaban J connectivity index is 1.64. The zero-order valence-electron chi connectivity index (χ0n) is 11.2. The van der Waals surface area contributed by atoms with E-state index in [9.17, 15) is 9.90 Å². The van der Waals surface area contributed by atoms with E-state index < -0.39 is 5.97 Å². The van der Waals surface area contributed by atoms with Crippen LogP contribution in [0.5, 0.6) is 0 Å². The van der Waals surface area contributed by atoms with Gasteiger partial charge in [-0.1, -0.05) is 0 Å². The summed E-state index contributed by atoms with van der Waals surface area (Å²) in [6.45, 7) is 3.64. The molecule has 5 nitrogen and oxygen atoms in total. The highest BCUT2D eigenvalue weighted by Crippen LogP contribution is 2.48. The molecule has 2 saturated carbocycles. The average Bonchev–Trinajstić information content (AvgIpc) is 3.10. The van der Waals surface area contributed by atoms with E-state index in [1.54, 1.807) is 0 Å². The molecule has 4 atom stereocenters. The maximum absolute atomic E-state index is 11.4. The Morgan fingerprint density at radius 3 is 3.00 bits per heavy atom. The molecule has 5 heteroatoms. The van der Waals surface area contributed by atoms with Gasteiger partial charge in [-0.3, -0.25) is 9.48 Å². The number of fused-ring (bicyclic) bond motifs is 2. The van der Waals surface area contributed by atoms with E-state index in [0.717, 1.165) is 31.5 Å². The molecule has 19 heavy (non-hydrogen) atoms. The first-order valence-corrected chi connectivity index (χ1v) is 7.16. The molecule has 0 aliphatic heterocycles. The van der Waals surface area contributed by atoms with E-state index in [1.165, 1.54) is 6.42 Å². The monoisotopic (exact) mass is 263 g/mol. The molecule has 3 rings (SSSR count). The Hall–Kier alpha value is -1.36. The summed E-state index contributed by atoms with van der Waals surface area (Å²) in [4.78, 5) is 11.4. The van der Waals surface area contributed by atoms with Crippen molar-refractivity contribution >= 4 is 5.97 Å². The summed E-state index contributed by atoms with van der Waals surface area (Å²) in [6, 6.07) is 0.140. The fourth-order valence-electron chi connectivity index (χ4n) is 3.85. The summed E-state index contributed by atoms with van der Waals surface area (Å²) < 4.78 is 1.90. The van der Waals surface area contributed by atoms with Gasteiger partial charge in [-0.15, -0.1) is 0 Å². The lowest BCUT2D eigenvalue weighted by Crippen LogP contribution is -2.43. The highest BCUT2D eigenvalue weighted by molar-refractivity contribution is 5.72. The largest absolute Gasteiger partial charge is 0.481 e. The van der Waals surface area contributed by atoms with Gasteiger partial charge in [0.05, 0.1) is 12.1 Å². The van der Waals surface area contributed by atoms with Gasteiger partial charge in [-0.05, 0) is 38.0 Å². The maximum atomic E-state index is 11.4. The zero-order valence-corrected chi connectivity index (χ0v) is 11.2. The third kappa shape index (κ3) is 2.27. The van der Waals surface area contributed by atoms with E-state index in [4.69, 9.17) is 0 Å². The van der Waals surface area contributed by atoms with Gasteiger partial charge in [0.2, 0.25) is 0 Å². The lowest BCUT2D eigenvalue weighted by Gasteiger charge is -2.28. The van der Waals surface area contributed by atoms with Crippen LogP contribution in [0, 0.1) is 17.8 Å². The number of aryl methyl sites for hydroxylation is 1. The highest BCUT2D eigenvalue weighted by Gasteiger charge is 2.50. The first-order chi connectivity index (χ1) is 9.19. The normalized spacial score (nSPS) is 32.9. The van der Waals surface area contributed by atoms with Crippen LogP contribution in [0.1, 0.15) is 31.7 Å². The average molecular weight is 263 g/mol. The molecule has 104 valence electrons. The van der Waals surface area contributed by atoms with Crippen LogP contribution >= 0.6 is 0 Å². The van der Waals surface area contributed by atoms with Crippen molar-refractivity contribution in [3.8, 4) is 0 Å². The number of hydrogen-bond donors (Lipinski definition) is 2. The molecule has 2 aliphatic carbocycles. The number of nitrogens with one attached hydrogen (secondary N) is 1. The molecule has 1 aromatic rings. The predicted molar refractivity (Wildman–Crippen MR) is 70.5 cm³/mol. The molecule has 0 amide bonds. The van der Waals surface area contributed by atoms with Crippen LogP contribution in [0.15, 0.2) is 12.4 Å². The van der Waals surface area contributed by atoms with Crippen LogP contribution in [0.4, 0.5) is 0 Å². The van der Waals surface area contributed by atoms with Gasteiger partial charge in [0.25, 0.3) is 0 Å². The predicted octanol–water partition coefficient (Wildman–Crippen LogP) is 1.49. The van der Waals surface area contributed by atoms with Gasteiger partial charge in [0, 0.05) is 30.9 Å². The summed E-state index contributed by atoms with van der Waals surface area (Å²) in [5, 5.41) is 17.1. The lowest BCUT2D eigenvalue weighted by molar-refractivity contribution is -0.144. The molecule has 2 N–H and O–H groups in total. The van der Waals surface area contributed by atoms with E-state index in [1.807, 2.05) is 17.1 Å². The smallest absolute Gasteiger partial charge is 0.308 e. The van der Waals surface area contributed by atoms with Crippen molar-refractivity contribution < 1.29 is 9.90 Å². The van der Waals surface area contributed by atoms with Gasteiger partial charge in [-0.2, -0.15) is 5.10 Å². The van der Waals surface area contributed by atoms with E-state index in [-0.39, 0.29) is 12.0 Å². The Morgan fingerprint density at radius 2 is 2.32 bits per heavy atom. The summed E-state index contributed by atoms with van der Waals surface area (Å²) in [5.74, 6) is 0.111. The van der Waals surface area contributed by atoms with Crippen LogP contribution in [0.3, 0.4) is 0 Å². The van der Waals surface area contributed by atoms with Gasteiger partial charge >= 0.3 is 5.97 Å². The Bertz CT molecular complexity index is 471. The van der Waals surface area contributed by atoms with Crippen molar-refractivity contribution in [1.82, 2.24) is 15.1 Å². The number of carbonyl (C=O) groups is 1. The molecule has 2 aliphatic rings. The van der Waals surface area contributed by atoms with Crippen molar-refractivity contribution in [2.24, 2.45) is 17.8 Å². The van der Waals surface area contributed by atoms with Crippen LogP contribution < -0.4 is 5.32 Å². The minimum Gasteiger partial charge on any atom is -0.481 e. The molecular weight excluding hydrogens is 242 g/mol. The summed E-state index contributed by atoms with van der Waals surface area (Å²) in [7, 11) is 0. The SMILES string of the molecule is CCn1cc(CNC2C3CCC(C3)C2C(=O)O)cn1. The van der Waals surface area contributed by atoms with Crippen LogP contribution in [-0.4, -0.2) is 26.9 Å². The molecule has 0 saturated heterocycles. The van der Waals surface area contributed by atoms with E-state index >= 15 is 0 Å². The number of nitrogens with zero attached hydrogens (tertiary/aromatic N) is 2. The number of aliphatic carboxylic acids is 1. The molecule has 2 bridgehead atoms. The van der Waals surface area contributed by atoms with Crippen molar-refractivity contribution in [2.45, 2.75) is 45.3 Å². The summed E-state index contributed by atoms with van der Waals surface area (Å²) >= 11 is 0. The topological polar surface area (TPSA) is 67.2 Å². The Labute approximate surface area is 113 Å².